The minimum absolute atomic E-state index is 0.0735. The summed E-state index contributed by atoms with van der Waals surface area (Å²) in [6.45, 7) is 3.93. The van der Waals surface area contributed by atoms with Crippen LogP contribution in [0.5, 0.6) is 0 Å². The predicted molar refractivity (Wildman–Crippen MR) is 64.3 cm³/mol. The van der Waals surface area contributed by atoms with E-state index in [9.17, 15) is 18.0 Å². The molecule has 0 spiro atoms. The molecule has 6 heteroatoms. The van der Waals surface area contributed by atoms with Crippen molar-refractivity contribution in [3.63, 3.8) is 0 Å². The van der Waals surface area contributed by atoms with Crippen molar-refractivity contribution in [2.75, 3.05) is 18.1 Å². The van der Waals surface area contributed by atoms with Crippen molar-refractivity contribution in [1.29, 1.82) is 0 Å². The van der Waals surface area contributed by atoms with E-state index in [-0.39, 0.29) is 42.5 Å². The highest BCUT2D eigenvalue weighted by molar-refractivity contribution is 7.91. The van der Waals surface area contributed by atoms with E-state index in [4.69, 9.17) is 0 Å². The van der Waals surface area contributed by atoms with Gasteiger partial charge in [-0.2, -0.15) is 0 Å². The summed E-state index contributed by atoms with van der Waals surface area (Å²) in [5.41, 5.74) is -1.11. The van der Waals surface area contributed by atoms with Gasteiger partial charge in [-0.05, 0) is 19.8 Å². The Balaban J connectivity index is 2.97. The zero-order valence-corrected chi connectivity index (χ0v) is 11.1. The number of hydrogen-bond acceptors (Lipinski definition) is 4. The molecule has 0 atom stereocenters. The van der Waals surface area contributed by atoms with Gasteiger partial charge in [0.05, 0.1) is 11.5 Å². The maximum Gasteiger partial charge on any atom is 0.233 e. The highest BCUT2D eigenvalue weighted by Gasteiger charge is 2.47. The molecule has 1 aliphatic heterocycles. The zero-order chi connectivity index (χ0) is 13.1. The first-order valence-electron chi connectivity index (χ1n) is 5.90. The Morgan fingerprint density at radius 1 is 1.18 bits per heavy atom. The SMILES string of the molecule is CCNC(=O)C1(C(=O)CC)CCS(=O)(=O)CC1. The Labute approximate surface area is 102 Å². The van der Waals surface area contributed by atoms with Crippen LogP contribution in [0.25, 0.3) is 0 Å². The largest absolute Gasteiger partial charge is 0.356 e. The molecule has 0 radical (unpaired) electrons. The van der Waals surface area contributed by atoms with Crippen molar-refractivity contribution >= 4 is 21.5 Å². The van der Waals surface area contributed by atoms with Gasteiger partial charge in [-0.15, -0.1) is 0 Å². The molecule has 1 aliphatic rings. The van der Waals surface area contributed by atoms with E-state index in [2.05, 4.69) is 5.32 Å². The first-order chi connectivity index (χ1) is 7.88. The molecule has 5 nitrogen and oxygen atoms in total. The fourth-order valence-corrected chi connectivity index (χ4v) is 3.71. The quantitative estimate of drug-likeness (QED) is 0.738. The molecule has 0 aromatic carbocycles. The van der Waals surface area contributed by atoms with Gasteiger partial charge in [0.2, 0.25) is 5.91 Å². The number of sulfone groups is 1. The Bertz CT molecular complexity index is 399. The lowest BCUT2D eigenvalue weighted by atomic mass is 9.76. The molecule has 1 N–H and O–H groups in total. The van der Waals surface area contributed by atoms with Crippen molar-refractivity contribution in [3.05, 3.63) is 0 Å². The van der Waals surface area contributed by atoms with E-state index in [1.54, 1.807) is 13.8 Å². The number of carbonyl (C=O) groups excluding carboxylic acids is 2. The Kier molecular flexibility index (Phi) is 4.30. The molecular weight excluding hydrogens is 242 g/mol. The number of amides is 1. The molecular formula is C11H19NO4S. The van der Waals surface area contributed by atoms with Crippen LogP contribution in [0.4, 0.5) is 0 Å². The molecule has 1 heterocycles. The van der Waals surface area contributed by atoms with Gasteiger partial charge in [-0.25, -0.2) is 8.42 Å². The maximum absolute atomic E-state index is 12.0. The summed E-state index contributed by atoms with van der Waals surface area (Å²) in [5.74, 6) is -0.619. The van der Waals surface area contributed by atoms with Gasteiger partial charge >= 0.3 is 0 Å². The second kappa shape index (κ2) is 5.16. The Morgan fingerprint density at radius 2 is 1.71 bits per heavy atom. The van der Waals surface area contributed by atoms with Crippen LogP contribution in [0.3, 0.4) is 0 Å². The van der Waals surface area contributed by atoms with E-state index in [1.165, 1.54) is 0 Å². The van der Waals surface area contributed by atoms with Gasteiger partial charge in [-0.1, -0.05) is 6.92 Å². The Morgan fingerprint density at radius 3 is 2.12 bits per heavy atom. The molecule has 1 amide bonds. The van der Waals surface area contributed by atoms with Crippen molar-refractivity contribution in [2.45, 2.75) is 33.1 Å². The number of nitrogens with one attached hydrogen (secondary N) is 1. The maximum atomic E-state index is 12.0. The summed E-state index contributed by atoms with van der Waals surface area (Å²) in [6.07, 6.45) is 0.499. The molecule has 0 aromatic rings. The lowest BCUT2D eigenvalue weighted by Crippen LogP contribution is -2.50. The number of Topliss-reactive ketones (excluding diaryl/α,β-unsaturated/α-hetero) is 1. The van der Waals surface area contributed by atoms with Crippen LogP contribution in [-0.4, -0.2) is 38.2 Å². The summed E-state index contributed by atoms with van der Waals surface area (Å²) >= 11 is 0. The van der Waals surface area contributed by atoms with Crippen molar-refractivity contribution in [3.8, 4) is 0 Å². The summed E-state index contributed by atoms with van der Waals surface area (Å²) in [6, 6.07) is 0. The summed E-state index contributed by atoms with van der Waals surface area (Å²) in [7, 11) is -3.08. The fourth-order valence-electron chi connectivity index (χ4n) is 2.19. The van der Waals surface area contributed by atoms with Crippen molar-refractivity contribution in [1.82, 2.24) is 5.32 Å². The second-order valence-electron chi connectivity index (χ2n) is 4.37. The van der Waals surface area contributed by atoms with Gasteiger partial charge < -0.3 is 5.32 Å². The third kappa shape index (κ3) is 2.86. The summed E-state index contributed by atoms with van der Waals surface area (Å²) in [4.78, 5) is 24.0. The highest BCUT2D eigenvalue weighted by Crippen LogP contribution is 2.35. The number of hydrogen-bond donors (Lipinski definition) is 1. The van der Waals surface area contributed by atoms with Crippen LogP contribution in [0.2, 0.25) is 0 Å². The molecule has 0 bridgehead atoms. The van der Waals surface area contributed by atoms with E-state index in [1.807, 2.05) is 0 Å². The summed E-state index contributed by atoms with van der Waals surface area (Å²) < 4.78 is 22.8. The zero-order valence-electron chi connectivity index (χ0n) is 10.3. The van der Waals surface area contributed by atoms with Crippen LogP contribution in [0.1, 0.15) is 33.1 Å². The monoisotopic (exact) mass is 261 g/mol. The lowest BCUT2D eigenvalue weighted by Gasteiger charge is -2.33. The average Bonchev–Trinajstić information content (AvgIpc) is 2.29. The van der Waals surface area contributed by atoms with Gasteiger partial charge in [0, 0.05) is 13.0 Å². The molecule has 0 aliphatic carbocycles. The Hall–Kier alpha value is -0.910. The van der Waals surface area contributed by atoms with Crippen LogP contribution in [0, 0.1) is 5.41 Å². The normalized spacial score (nSPS) is 21.8. The van der Waals surface area contributed by atoms with Gasteiger partial charge in [0.15, 0.2) is 0 Å². The smallest absolute Gasteiger partial charge is 0.233 e. The minimum Gasteiger partial charge on any atom is -0.356 e. The van der Waals surface area contributed by atoms with Crippen LogP contribution >= 0.6 is 0 Å². The molecule has 1 saturated heterocycles. The van der Waals surface area contributed by atoms with Crippen LogP contribution in [-0.2, 0) is 19.4 Å². The van der Waals surface area contributed by atoms with E-state index in [0.29, 0.717) is 6.54 Å². The molecule has 98 valence electrons. The molecule has 0 saturated carbocycles. The number of ketones is 1. The van der Waals surface area contributed by atoms with Gasteiger partial charge in [0.25, 0.3) is 0 Å². The minimum atomic E-state index is -3.08. The second-order valence-corrected chi connectivity index (χ2v) is 6.67. The molecule has 0 unspecified atom stereocenters. The van der Waals surface area contributed by atoms with Gasteiger partial charge in [0.1, 0.15) is 21.0 Å². The summed E-state index contributed by atoms with van der Waals surface area (Å²) in [5, 5.41) is 2.64. The third-order valence-corrected chi connectivity index (χ3v) is 4.96. The van der Waals surface area contributed by atoms with Crippen LogP contribution < -0.4 is 5.32 Å². The molecule has 17 heavy (non-hydrogen) atoms. The molecule has 1 fully saturated rings. The predicted octanol–water partition coefficient (Wildman–Crippen LogP) is 0.297. The van der Waals surface area contributed by atoms with E-state index < -0.39 is 15.3 Å². The standard InChI is InChI=1S/C11H19NO4S/c1-3-9(13)11(10(14)12-4-2)5-7-17(15,16)8-6-11/h3-8H2,1-2H3,(H,12,14). The molecule has 0 aromatic heterocycles. The number of rotatable bonds is 4. The third-order valence-electron chi connectivity index (χ3n) is 3.31. The van der Waals surface area contributed by atoms with E-state index in [0.717, 1.165) is 0 Å². The van der Waals surface area contributed by atoms with Gasteiger partial charge in [-0.3, -0.25) is 9.59 Å². The fraction of sp³-hybridized carbons (Fsp3) is 0.818. The van der Waals surface area contributed by atoms with Crippen molar-refractivity contribution < 1.29 is 18.0 Å². The van der Waals surface area contributed by atoms with Crippen molar-refractivity contribution in [2.24, 2.45) is 5.41 Å². The van der Waals surface area contributed by atoms with E-state index >= 15 is 0 Å². The lowest BCUT2D eigenvalue weighted by molar-refractivity contribution is -0.142. The first-order valence-corrected chi connectivity index (χ1v) is 7.72. The van der Waals surface area contributed by atoms with Crippen LogP contribution in [0.15, 0.2) is 0 Å². The average molecular weight is 261 g/mol. The highest BCUT2D eigenvalue weighted by atomic mass is 32.2. The topological polar surface area (TPSA) is 80.3 Å². The first kappa shape index (κ1) is 14.2. The molecule has 1 rings (SSSR count). The number of carbonyl (C=O) groups is 2.